The first-order chi connectivity index (χ1) is 16.0. The summed E-state index contributed by atoms with van der Waals surface area (Å²) in [6.07, 6.45) is 4.77. The summed E-state index contributed by atoms with van der Waals surface area (Å²) in [5.74, 6) is -2.50. The second kappa shape index (κ2) is 8.91. The molecule has 4 N–H and O–H groups in total. The van der Waals surface area contributed by atoms with Crippen molar-refractivity contribution in [2.24, 2.45) is 29.1 Å². The summed E-state index contributed by atoms with van der Waals surface area (Å²) in [5.41, 5.74) is -1.46. The number of rotatable bonds is 2. The zero-order valence-electron chi connectivity index (χ0n) is 20.0. The van der Waals surface area contributed by atoms with Crippen LogP contribution >= 0.6 is 0 Å². The number of carbonyl (C=O) groups is 2. The zero-order chi connectivity index (χ0) is 24.8. The molecular formula is C28H35NO5. The molecule has 6 nitrogen and oxygen atoms in total. The molecule has 1 saturated carbocycles. The average Bonchev–Trinajstić information content (AvgIpc) is 3.09. The summed E-state index contributed by atoms with van der Waals surface area (Å²) in [6, 6.07) is 9.57. The van der Waals surface area contributed by atoms with Crippen LogP contribution in [0.5, 0.6) is 0 Å². The fourth-order valence-electron chi connectivity index (χ4n) is 6.39. The monoisotopic (exact) mass is 465 g/mol. The van der Waals surface area contributed by atoms with Crippen molar-refractivity contribution in [1.29, 1.82) is 0 Å². The van der Waals surface area contributed by atoms with Gasteiger partial charge in [0.15, 0.2) is 5.78 Å². The Bertz CT molecular complexity index is 1030. The van der Waals surface area contributed by atoms with Crippen LogP contribution in [0.4, 0.5) is 0 Å². The predicted molar refractivity (Wildman–Crippen MR) is 129 cm³/mol. The third-order valence-electron chi connectivity index (χ3n) is 8.26. The van der Waals surface area contributed by atoms with Gasteiger partial charge in [0.2, 0.25) is 5.91 Å². The Kier molecular flexibility index (Phi) is 6.44. The molecule has 1 amide bonds. The van der Waals surface area contributed by atoms with Crippen LogP contribution in [0.1, 0.15) is 32.8 Å². The third kappa shape index (κ3) is 3.78. The van der Waals surface area contributed by atoms with E-state index >= 15 is 0 Å². The Hall–Kier alpha value is -2.54. The van der Waals surface area contributed by atoms with E-state index in [1.54, 1.807) is 19.1 Å². The SMILES string of the molecule is C=C1[C@@H](O)C2/C=C/C[C@H](C)C(=O)[C@](C)(O)/C=C/[C@@H](O)C23C(=O)N[C@@H](Cc2ccccc2)[C@@H]3[C@@H]1C. The van der Waals surface area contributed by atoms with E-state index in [0.717, 1.165) is 5.56 Å². The van der Waals surface area contributed by atoms with Gasteiger partial charge in [-0.15, -0.1) is 0 Å². The molecule has 1 spiro atoms. The van der Waals surface area contributed by atoms with Crippen molar-refractivity contribution in [2.75, 3.05) is 0 Å². The number of ketones is 1. The molecule has 182 valence electrons. The van der Waals surface area contributed by atoms with Gasteiger partial charge < -0.3 is 20.6 Å². The van der Waals surface area contributed by atoms with E-state index in [0.29, 0.717) is 18.4 Å². The van der Waals surface area contributed by atoms with E-state index in [9.17, 15) is 24.9 Å². The lowest BCUT2D eigenvalue weighted by molar-refractivity contribution is -0.147. The van der Waals surface area contributed by atoms with Crippen LogP contribution in [0.2, 0.25) is 0 Å². The Morgan fingerprint density at radius 3 is 2.47 bits per heavy atom. The van der Waals surface area contributed by atoms with Crippen molar-refractivity contribution in [3.05, 3.63) is 72.4 Å². The van der Waals surface area contributed by atoms with E-state index in [4.69, 9.17) is 0 Å². The second-order valence-corrected chi connectivity index (χ2v) is 10.4. The number of benzene rings is 1. The summed E-state index contributed by atoms with van der Waals surface area (Å²) in [5, 5.41) is 36.8. The molecule has 3 aliphatic rings. The lowest BCUT2D eigenvalue weighted by Gasteiger charge is -2.51. The van der Waals surface area contributed by atoms with Gasteiger partial charge in [0.1, 0.15) is 5.60 Å². The largest absolute Gasteiger partial charge is 0.388 e. The van der Waals surface area contributed by atoms with Crippen molar-refractivity contribution < 1.29 is 24.9 Å². The van der Waals surface area contributed by atoms with Gasteiger partial charge in [-0.25, -0.2) is 0 Å². The number of nitrogens with one attached hydrogen (secondary N) is 1. The minimum Gasteiger partial charge on any atom is -0.388 e. The van der Waals surface area contributed by atoms with Gasteiger partial charge in [-0.05, 0) is 42.9 Å². The van der Waals surface area contributed by atoms with Gasteiger partial charge in [0.25, 0.3) is 0 Å². The van der Waals surface area contributed by atoms with E-state index in [1.807, 2.05) is 37.3 Å². The highest BCUT2D eigenvalue weighted by Crippen LogP contribution is 2.57. The van der Waals surface area contributed by atoms with Crippen LogP contribution in [0.3, 0.4) is 0 Å². The molecule has 6 heteroatoms. The first-order valence-corrected chi connectivity index (χ1v) is 12.0. The highest BCUT2D eigenvalue weighted by Gasteiger charge is 2.67. The summed E-state index contributed by atoms with van der Waals surface area (Å²) >= 11 is 0. The number of amides is 1. The van der Waals surface area contributed by atoms with Gasteiger partial charge in [-0.3, -0.25) is 9.59 Å². The molecule has 2 fully saturated rings. The molecule has 1 heterocycles. The Morgan fingerprint density at radius 1 is 1.12 bits per heavy atom. The second-order valence-electron chi connectivity index (χ2n) is 10.4. The topological polar surface area (TPSA) is 107 Å². The van der Waals surface area contributed by atoms with Gasteiger partial charge in [0, 0.05) is 23.8 Å². The van der Waals surface area contributed by atoms with Gasteiger partial charge in [-0.1, -0.05) is 69.0 Å². The third-order valence-corrected chi connectivity index (χ3v) is 8.26. The van der Waals surface area contributed by atoms with Crippen molar-refractivity contribution in [1.82, 2.24) is 5.32 Å². The first-order valence-electron chi connectivity index (χ1n) is 12.0. The van der Waals surface area contributed by atoms with E-state index in [2.05, 4.69) is 11.9 Å². The fourth-order valence-corrected chi connectivity index (χ4v) is 6.39. The molecule has 1 saturated heterocycles. The maximum absolute atomic E-state index is 13.8. The van der Waals surface area contributed by atoms with Crippen molar-refractivity contribution in [3.63, 3.8) is 0 Å². The lowest BCUT2D eigenvalue weighted by atomic mass is 9.51. The van der Waals surface area contributed by atoms with Gasteiger partial charge in [0.05, 0.1) is 17.6 Å². The van der Waals surface area contributed by atoms with Crippen LogP contribution in [0.15, 0.2) is 66.8 Å². The first kappa shape index (κ1) is 24.6. The van der Waals surface area contributed by atoms with Crippen LogP contribution in [0, 0.1) is 29.1 Å². The lowest BCUT2D eigenvalue weighted by Crippen LogP contribution is -2.59. The van der Waals surface area contributed by atoms with Crippen LogP contribution in [-0.2, 0) is 16.0 Å². The number of aliphatic hydroxyl groups excluding tert-OH is 2. The molecule has 9 atom stereocenters. The van der Waals surface area contributed by atoms with Crippen molar-refractivity contribution in [2.45, 2.75) is 57.5 Å². The molecule has 1 aliphatic heterocycles. The summed E-state index contributed by atoms with van der Waals surface area (Å²) in [7, 11) is 0. The minimum atomic E-state index is -1.78. The quantitative estimate of drug-likeness (QED) is 0.502. The number of Topliss-reactive ketones (excluding diaryl/α,β-unsaturated/α-hetero) is 1. The Labute approximate surface area is 201 Å². The highest BCUT2D eigenvalue weighted by atomic mass is 16.3. The molecular weight excluding hydrogens is 430 g/mol. The summed E-state index contributed by atoms with van der Waals surface area (Å²) < 4.78 is 0. The molecule has 0 aromatic heterocycles. The van der Waals surface area contributed by atoms with Crippen LogP contribution < -0.4 is 5.32 Å². The summed E-state index contributed by atoms with van der Waals surface area (Å²) in [4.78, 5) is 26.6. The Morgan fingerprint density at radius 2 is 1.79 bits per heavy atom. The van der Waals surface area contributed by atoms with Crippen LogP contribution in [-0.4, -0.2) is 50.9 Å². The molecule has 34 heavy (non-hydrogen) atoms. The number of hydrogen-bond donors (Lipinski definition) is 4. The maximum Gasteiger partial charge on any atom is 0.230 e. The van der Waals surface area contributed by atoms with Crippen molar-refractivity contribution in [3.8, 4) is 0 Å². The summed E-state index contributed by atoms with van der Waals surface area (Å²) in [6.45, 7) is 9.24. The highest BCUT2D eigenvalue weighted by molar-refractivity contribution is 5.91. The van der Waals surface area contributed by atoms with Gasteiger partial charge in [-0.2, -0.15) is 0 Å². The number of aliphatic hydroxyl groups is 3. The standard InChI is InChI=1S/C28H35NO5/c1-16-9-8-12-20-24(31)18(3)17(2)23-21(15-19-10-6-5-7-11-19)29-26(33)28(20,23)22(30)13-14-27(4,34)25(16)32/h5-8,10-14,16-17,20-24,30-31,34H,3,9,15H2,1-2,4H3,(H,29,33)/b12-8+,14-13+/t16-,17+,20?,21-,22+,23-,24+,27+,28?/m0/s1. The number of carbonyl (C=O) groups excluding carboxylic acids is 2. The average molecular weight is 466 g/mol. The normalized spacial score (nSPS) is 44.4. The minimum absolute atomic E-state index is 0.249. The smallest absolute Gasteiger partial charge is 0.230 e. The number of hydrogen-bond acceptors (Lipinski definition) is 5. The molecule has 0 radical (unpaired) electrons. The molecule has 1 aromatic rings. The van der Waals surface area contributed by atoms with E-state index < -0.39 is 35.1 Å². The maximum atomic E-state index is 13.8. The predicted octanol–water partition coefficient (Wildman–Crippen LogP) is 2.35. The molecule has 2 unspecified atom stereocenters. The number of allylic oxidation sites excluding steroid dienone is 1. The van der Waals surface area contributed by atoms with Gasteiger partial charge >= 0.3 is 0 Å². The Balaban J connectivity index is 1.87. The zero-order valence-corrected chi connectivity index (χ0v) is 20.0. The molecule has 2 aliphatic carbocycles. The molecule has 4 rings (SSSR count). The molecule has 1 aromatic carbocycles. The molecule has 0 bridgehead atoms. The van der Waals surface area contributed by atoms with E-state index in [-0.39, 0.29) is 29.6 Å². The van der Waals surface area contributed by atoms with Crippen molar-refractivity contribution >= 4 is 11.7 Å². The fraction of sp³-hybridized carbons (Fsp3) is 0.500. The van der Waals surface area contributed by atoms with E-state index in [1.165, 1.54) is 19.1 Å². The van der Waals surface area contributed by atoms with Crippen LogP contribution in [0.25, 0.3) is 0 Å².